The van der Waals surface area contributed by atoms with Crippen molar-refractivity contribution in [1.29, 1.82) is 0 Å². The minimum Gasteiger partial charge on any atom is -0.550 e. The zero-order valence-corrected chi connectivity index (χ0v) is 17.8. The van der Waals surface area contributed by atoms with Crippen molar-refractivity contribution >= 4 is 11.9 Å². The van der Waals surface area contributed by atoms with Gasteiger partial charge in [0.25, 0.3) is 0 Å². The van der Waals surface area contributed by atoms with Gasteiger partial charge in [-0.3, -0.25) is 0 Å². The zero-order chi connectivity index (χ0) is 15.5. The number of carbonyl (C=O) groups excluding carboxylic acids is 2. The third kappa shape index (κ3) is 11.5. The second-order valence-corrected chi connectivity index (χ2v) is 4.40. The number of hydrogen-bond acceptors (Lipinski definition) is 5. The third-order valence-electron chi connectivity index (χ3n) is 2.73. The fourth-order valence-electron chi connectivity index (χ4n) is 1.72. The zero-order valence-electron chi connectivity index (χ0n) is 13.8. The predicted octanol–water partition coefficient (Wildman–Crippen LogP) is -5.28. The van der Waals surface area contributed by atoms with E-state index in [9.17, 15) is 19.8 Å². The summed E-state index contributed by atoms with van der Waals surface area (Å²) in [5.74, 6) is -2.72. The van der Waals surface area contributed by atoms with Crippen LogP contribution < -0.4 is 69.3 Å². The van der Waals surface area contributed by atoms with Crippen molar-refractivity contribution < 1.29 is 84.0 Å². The van der Waals surface area contributed by atoms with E-state index in [1.807, 2.05) is 13.8 Å². The maximum atomic E-state index is 10.4. The Bertz CT molecular complexity index is 432. The van der Waals surface area contributed by atoms with Crippen molar-refractivity contribution in [2.75, 3.05) is 0 Å². The average molecular weight is 326 g/mol. The number of benzene rings is 1. The number of carboxylic acids is 2. The van der Waals surface area contributed by atoms with Crippen LogP contribution in [0.1, 0.15) is 49.9 Å². The molecule has 1 rings (SSSR count). The Morgan fingerprint density at radius 1 is 1.05 bits per heavy atom. The fourth-order valence-corrected chi connectivity index (χ4v) is 1.72. The molecule has 7 heteroatoms. The average Bonchev–Trinajstić information content (AvgIpc) is 2.39. The fraction of sp³-hybridized carbons (Fsp3) is 0.467. The van der Waals surface area contributed by atoms with Crippen molar-refractivity contribution in [3.63, 3.8) is 0 Å². The van der Waals surface area contributed by atoms with E-state index in [4.69, 9.17) is 5.11 Å². The van der Waals surface area contributed by atoms with E-state index < -0.39 is 11.9 Å². The Hall–Kier alpha value is -0.0400. The summed E-state index contributed by atoms with van der Waals surface area (Å²) in [6.45, 7) is 3.98. The van der Waals surface area contributed by atoms with Crippen molar-refractivity contribution in [1.82, 2.24) is 0 Å². The van der Waals surface area contributed by atoms with Crippen molar-refractivity contribution in [2.45, 2.75) is 39.5 Å². The molecule has 5 nitrogen and oxygen atoms in total. The first-order chi connectivity index (χ1) is 9.43. The summed E-state index contributed by atoms with van der Waals surface area (Å²) < 4.78 is 0. The van der Waals surface area contributed by atoms with E-state index >= 15 is 0 Å². The minimum absolute atomic E-state index is 0. The largest absolute Gasteiger partial charge is 1.00 e. The minimum atomic E-state index is -1.36. The Morgan fingerprint density at radius 3 is 1.77 bits per heavy atom. The molecule has 0 amide bonds. The van der Waals surface area contributed by atoms with Gasteiger partial charge in [-0.2, -0.15) is 0 Å². The number of aliphatic carboxylic acids is 1. The molecule has 0 radical (unpaired) electrons. The molecule has 0 fully saturated rings. The van der Waals surface area contributed by atoms with Crippen molar-refractivity contribution in [3.05, 3.63) is 29.8 Å². The first kappa shape index (κ1) is 26.8. The van der Waals surface area contributed by atoms with Gasteiger partial charge in [0.2, 0.25) is 0 Å². The molecule has 0 atom stereocenters. The van der Waals surface area contributed by atoms with E-state index in [1.165, 1.54) is 18.2 Å². The van der Waals surface area contributed by atoms with Crippen LogP contribution in [0.3, 0.4) is 0 Å². The molecule has 112 valence electrons. The number of aromatic carboxylic acids is 1. The van der Waals surface area contributed by atoms with Crippen LogP contribution in [0.25, 0.3) is 0 Å². The summed E-state index contributed by atoms with van der Waals surface area (Å²) in [4.78, 5) is 20.5. The topological polar surface area (TPSA) is 100 Å². The first-order valence-corrected chi connectivity index (χ1v) is 6.64. The number of carbonyl (C=O) groups is 2. The standard InChI is InChI=1S/C8H16O2.C7H6O3.2Na/c1-3-5-7(6-4-2)8(9)10;8-6-4-2-1-3-5(6)7(9)10;;/h7H,3-6H2,1-2H3,(H,9,10);1-4,8H,(H,9,10);;/q;;2*+1/p-2. The number of aromatic hydroxyl groups is 1. The molecule has 0 aliphatic heterocycles. The Kier molecular flexibility index (Phi) is 19.3. The Morgan fingerprint density at radius 2 is 1.50 bits per heavy atom. The van der Waals surface area contributed by atoms with E-state index in [1.54, 1.807) is 6.07 Å². The van der Waals surface area contributed by atoms with Gasteiger partial charge >= 0.3 is 59.1 Å². The van der Waals surface area contributed by atoms with Crippen LogP contribution in [0.2, 0.25) is 0 Å². The quantitative estimate of drug-likeness (QED) is 0.527. The molecule has 0 spiro atoms. The summed E-state index contributed by atoms with van der Waals surface area (Å²) in [6.07, 6.45) is 3.38. The molecule has 1 aromatic carbocycles. The summed E-state index contributed by atoms with van der Waals surface area (Å²) in [6, 6.07) is 5.64. The van der Waals surface area contributed by atoms with Crippen LogP contribution in [-0.4, -0.2) is 17.0 Å². The second-order valence-electron chi connectivity index (χ2n) is 4.40. The van der Waals surface area contributed by atoms with Gasteiger partial charge in [-0.1, -0.05) is 38.8 Å². The van der Waals surface area contributed by atoms with Crippen LogP contribution in [0, 0.1) is 5.92 Å². The van der Waals surface area contributed by atoms with Gasteiger partial charge in [-0.25, -0.2) is 0 Å². The van der Waals surface area contributed by atoms with Gasteiger partial charge in [0, 0.05) is 11.5 Å². The van der Waals surface area contributed by atoms with Gasteiger partial charge in [0.05, 0.1) is 5.97 Å². The van der Waals surface area contributed by atoms with Crippen LogP contribution in [0.15, 0.2) is 24.3 Å². The summed E-state index contributed by atoms with van der Waals surface area (Å²) in [5.41, 5.74) is -0.178. The van der Waals surface area contributed by atoms with Gasteiger partial charge in [0.1, 0.15) is 5.75 Å². The molecule has 0 heterocycles. The number of carboxylic acid groups (broad SMARTS) is 2. The number of hydrogen-bond donors (Lipinski definition) is 1. The number of phenols is 1. The van der Waals surface area contributed by atoms with E-state index in [-0.39, 0.29) is 76.3 Å². The molecule has 1 N–H and O–H groups in total. The molecule has 22 heavy (non-hydrogen) atoms. The molecular formula is C15H20Na2O5. The molecule has 0 aliphatic carbocycles. The van der Waals surface area contributed by atoms with E-state index in [0.717, 1.165) is 25.7 Å². The van der Waals surface area contributed by atoms with Crippen molar-refractivity contribution in [3.8, 4) is 5.75 Å². The smallest absolute Gasteiger partial charge is 0.550 e. The van der Waals surface area contributed by atoms with Gasteiger partial charge in [-0.15, -0.1) is 0 Å². The number of para-hydroxylation sites is 1. The molecule has 0 unspecified atom stereocenters. The molecule has 0 aliphatic rings. The van der Waals surface area contributed by atoms with Crippen LogP contribution in [0.4, 0.5) is 0 Å². The first-order valence-electron chi connectivity index (χ1n) is 6.64. The summed E-state index contributed by atoms with van der Waals surface area (Å²) >= 11 is 0. The van der Waals surface area contributed by atoms with Crippen LogP contribution in [-0.2, 0) is 4.79 Å². The Balaban J connectivity index is -0.000000301. The predicted molar refractivity (Wildman–Crippen MR) is 70.8 cm³/mol. The van der Waals surface area contributed by atoms with Crippen LogP contribution >= 0.6 is 0 Å². The molecule has 1 aromatic rings. The summed E-state index contributed by atoms with van der Waals surface area (Å²) in [7, 11) is 0. The third-order valence-corrected chi connectivity index (χ3v) is 2.73. The van der Waals surface area contributed by atoms with Gasteiger partial charge in [-0.05, 0) is 30.9 Å². The maximum Gasteiger partial charge on any atom is 1.00 e. The molecule has 0 saturated carbocycles. The van der Waals surface area contributed by atoms with Gasteiger partial charge < -0.3 is 24.9 Å². The second kappa shape index (κ2) is 15.8. The molecule has 0 bridgehead atoms. The molecular weight excluding hydrogens is 306 g/mol. The SMILES string of the molecule is CCCC(CCC)C(=O)[O-].O=C([O-])c1ccccc1O.[Na+].[Na+]. The molecule has 0 aromatic heterocycles. The van der Waals surface area contributed by atoms with Gasteiger partial charge in [0.15, 0.2) is 0 Å². The Labute approximate surface area is 175 Å². The van der Waals surface area contributed by atoms with Crippen LogP contribution in [0.5, 0.6) is 5.75 Å². The van der Waals surface area contributed by atoms with Crippen molar-refractivity contribution in [2.24, 2.45) is 5.92 Å². The monoisotopic (exact) mass is 326 g/mol. The normalized spacial score (nSPS) is 8.86. The summed E-state index contributed by atoms with van der Waals surface area (Å²) in [5, 5.41) is 29.4. The number of rotatable bonds is 6. The van der Waals surface area contributed by atoms with E-state index in [0.29, 0.717) is 0 Å². The molecule has 0 saturated heterocycles. The maximum absolute atomic E-state index is 10.4. The van der Waals surface area contributed by atoms with E-state index in [2.05, 4.69) is 0 Å².